The largest absolute Gasteiger partial charge is 0.497 e. The van der Waals surface area contributed by atoms with E-state index in [1.165, 1.54) is 12.3 Å². The number of pyridine rings is 1. The van der Waals surface area contributed by atoms with Crippen LogP contribution in [0.15, 0.2) is 42.6 Å². The van der Waals surface area contributed by atoms with Crippen LogP contribution in [0.3, 0.4) is 0 Å². The lowest BCUT2D eigenvalue weighted by Gasteiger charge is -2.14. The van der Waals surface area contributed by atoms with Crippen molar-refractivity contribution in [2.24, 2.45) is 5.92 Å². The van der Waals surface area contributed by atoms with Gasteiger partial charge in [-0.25, -0.2) is 0 Å². The molecule has 2 aromatic rings. The molecule has 1 unspecified atom stereocenters. The molecule has 1 aliphatic carbocycles. The van der Waals surface area contributed by atoms with Crippen LogP contribution in [0.2, 0.25) is 0 Å². The number of methoxy groups -OCH3 is 1. The van der Waals surface area contributed by atoms with Gasteiger partial charge in [-0.2, -0.15) is 13.2 Å². The van der Waals surface area contributed by atoms with Gasteiger partial charge in [0.05, 0.1) is 25.0 Å². The summed E-state index contributed by atoms with van der Waals surface area (Å²) in [7, 11) is 1.60. The summed E-state index contributed by atoms with van der Waals surface area (Å²) in [6.07, 6.45) is -2.39. The van der Waals surface area contributed by atoms with Gasteiger partial charge in [-0.3, -0.25) is 9.78 Å². The van der Waals surface area contributed by atoms with Crippen LogP contribution in [0, 0.1) is 5.92 Å². The minimum absolute atomic E-state index is 0.0290. The fourth-order valence-corrected chi connectivity index (χ4v) is 3.00. The highest BCUT2D eigenvalue weighted by molar-refractivity contribution is 5.83. The van der Waals surface area contributed by atoms with Crippen LogP contribution in [0.4, 0.5) is 13.2 Å². The summed E-state index contributed by atoms with van der Waals surface area (Å²) in [5.74, 6) is 0.830. The molecule has 150 valence electrons. The van der Waals surface area contributed by atoms with Crippen LogP contribution in [-0.2, 0) is 4.79 Å². The van der Waals surface area contributed by atoms with Crippen molar-refractivity contribution in [2.75, 3.05) is 13.7 Å². The topological polar surface area (TPSA) is 60.5 Å². The molecule has 3 atom stereocenters. The Morgan fingerprint density at radius 2 is 1.89 bits per heavy atom. The van der Waals surface area contributed by atoms with Crippen molar-refractivity contribution in [3.8, 4) is 11.5 Å². The van der Waals surface area contributed by atoms with Crippen LogP contribution in [0.1, 0.15) is 36.6 Å². The summed E-state index contributed by atoms with van der Waals surface area (Å²) in [6.45, 7) is 0.413. The maximum Gasteiger partial charge on any atom is 0.422 e. The van der Waals surface area contributed by atoms with Gasteiger partial charge >= 0.3 is 6.18 Å². The molecule has 0 saturated heterocycles. The summed E-state index contributed by atoms with van der Waals surface area (Å²) >= 11 is 0. The number of nitrogens with one attached hydrogen (secondary N) is 1. The fourth-order valence-electron chi connectivity index (χ4n) is 3.00. The average molecular weight is 394 g/mol. The highest BCUT2D eigenvalue weighted by Gasteiger charge is 2.44. The fraction of sp³-hybridized carbons (Fsp3) is 0.400. The van der Waals surface area contributed by atoms with Crippen molar-refractivity contribution in [1.29, 1.82) is 0 Å². The first-order chi connectivity index (χ1) is 13.3. The van der Waals surface area contributed by atoms with E-state index < -0.39 is 12.8 Å². The zero-order valence-corrected chi connectivity index (χ0v) is 15.5. The van der Waals surface area contributed by atoms with E-state index in [-0.39, 0.29) is 29.5 Å². The molecule has 1 amide bonds. The second-order valence-electron chi connectivity index (χ2n) is 6.77. The van der Waals surface area contributed by atoms with E-state index in [1.807, 2.05) is 24.3 Å². The van der Waals surface area contributed by atoms with Gasteiger partial charge in [-0.1, -0.05) is 12.1 Å². The predicted octanol–water partition coefficient (Wildman–Crippen LogP) is 4.01. The Morgan fingerprint density at radius 3 is 2.46 bits per heavy atom. The number of alkyl halides is 3. The standard InChI is InChI=1S/C20H21F3N2O3/c1-12(18-8-7-15(10-24-18)28-11-20(21,22)23)25-19(26)17-9-16(17)13-3-5-14(27-2)6-4-13/h3-8,10,12,16-17H,9,11H2,1-2H3,(H,25,26)/t12?,16-,17+/m1/s1. The van der Waals surface area contributed by atoms with E-state index >= 15 is 0 Å². The summed E-state index contributed by atoms with van der Waals surface area (Å²) in [5, 5.41) is 2.91. The normalized spacial score (nSPS) is 19.6. The lowest BCUT2D eigenvalue weighted by Crippen LogP contribution is -2.29. The summed E-state index contributed by atoms with van der Waals surface area (Å²) in [6, 6.07) is 10.3. The number of amides is 1. The number of halogens is 3. The Kier molecular flexibility index (Phi) is 5.76. The van der Waals surface area contributed by atoms with E-state index in [4.69, 9.17) is 4.74 Å². The Bertz CT molecular complexity index is 807. The third kappa shape index (κ3) is 5.15. The number of nitrogens with zero attached hydrogens (tertiary/aromatic N) is 1. The second kappa shape index (κ2) is 8.08. The van der Waals surface area contributed by atoms with E-state index in [0.29, 0.717) is 5.69 Å². The number of hydrogen-bond donors (Lipinski definition) is 1. The van der Waals surface area contributed by atoms with Crippen molar-refractivity contribution in [3.05, 3.63) is 53.9 Å². The lowest BCUT2D eigenvalue weighted by atomic mass is 10.1. The molecule has 3 rings (SSSR count). The van der Waals surface area contributed by atoms with Gasteiger partial charge in [0.2, 0.25) is 5.91 Å². The summed E-state index contributed by atoms with van der Waals surface area (Å²) < 4.78 is 46.3. The Morgan fingerprint density at radius 1 is 1.21 bits per heavy atom. The van der Waals surface area contributed by atoms with Gasteiger partial charge in [0, 0.05) is 5.92 Å². The van der Waals surface area contributed by atoms with E-state index in [1.54, 1.807) is 20.1 Å². The monoisotopic (exact) mass is 394 g/mol. The molecule has 1 aromatic carbocycles. The van der Waals surface area contributed by atoms with Crippen LogP contribution < -0.4 is 14.8 Å². The van der Waals surface area contributed by atoms with Gasteiger partial charge < -0.3 is 14.8 Å². The number of benzene rings is 1. The molecule has 1 N–H and O–H groups in total. The van der Waals surface area contributed by atoms with Crippen LogP contribution in [-0.4, -0.2) is 30.8 Å². The first-order valence-electron chi connectivity index (χ1n) is 8.86. The van der Waals surface area contributed by atoms with Gasteiger partial charge in [0.25, 0.3) is 0 Å². The van der Waals surface area contributed by atoms with E-state index in [9.17, 15) is 18.0 Å². The summed E-state index contributed by atoms with van der Waals surface area (Å²) in [4.78, 5) is 16.5. The molecule has 0 spiro atoms. The number of rotatable bonds is 7. The minimum Gasteiger partial charge on any atom is -0.497 e. The second-order valence-corrected chi connectivity index (χ2v) is 6.77. The van der Waals surface area contributed by atoms with Crippen molar-refractivity contribution < 1.29 is 27.4 Å². The Hall–Kier alpha value is -2.77. The van der Waals surface area contributed by atoms with Gasteiger partial charge in [0.15, 0.2) is 6.61 Å². The van der Waals surface area contributed by atoms with Crippen LogP contribution >= 0.6 is 0 Å². The Balaban J connectivity index is 1.51. The molecule has 1 saturated carbocycles. The average Bonchev–Trinajstić information content (AvgIpc) is 3.47. The van der Waals surface area contributed by atoms with Crippen molar-refractivity contribution in [1.82, 2.24) is 10.3 Å². The van der Waals surface area contributed by atoms with Crippen molar-refractivity contribution in [2.45, 2.75) is 31.5 Å². The molecule has 28 heavy (non-hydrogen) atoms. The maximum absolute atomic E-state index is 12.5. The first kappa shape index (κ1) is 20.0. The smallest absolute Gasteiger partial charge is 0.422 e. The van der Waals surface area contributed by atoms with Crippen molar-refractivity contribution in [3.63, 3.8) is 0 Å². The highest BCUT2D eigenvalue weighted by atomic mass is 19.4. The molecule has 1 fully saturated rings. The van der Waals surface area contributed by atoms with Crippen molar-refractivity contribution >= 4 is 5.91 Å². The zero-order chi connectivity index (χ0) is 20.3. The minimum atomic E-state index is -4.40. The number of aromatic nitrogens is 1. The molecular weight excluding hydrogens is 373 g/mol. The number of ether oxygens (including phenoxy) is 2. The Labute approximate surface area is 160 Å². The molecule has 1 heterocycles. The molecule has 1 aromatic heterocycles. The number of carbonyl (C=O) groups excluding carboxylic acids is 1. The van der Waals surface area contributed by atoms with Crippen LogP contribution in [0.25, 0.3) is 0 Å². The molecule has 5 nitrogen and oxygen atoms in total. The molecular formula is C20H21F3N2O3. The van der Waals surface area contributed by atoms with Crippen LogP contribution in [0.5, 0.6) is 11.5 Å². The lowest BCUT2D eigenvalue weighted by molar-refractivity contribution is -0.153. The molecule has 1 aliphatic rings. The highest BCUT2D eigenvalue weighted by Crippen LogP contribution is 2.48. The first-order valence-corrected chi connectivity index (χ1v) is 8.86. The number of hydrogen-bond acceptors (Lipinski definition) is 4. The summed E-state index contributed by atoms with van der Waals surface area (Å²) in [5.41, 5.74) is 1.65. The van der Waals surface area contributed by atoms with Gasteiger partial charge in [0.1, 0.15) is 11.5 Å². The quantitative estimate of drug-likeness (QED) is 0.771. The predicted molar refractivity (Wildman–Crippen MR) is 96.2 cm³/mol. The van der Waals surface area contributed by atoms with E-state index in [0.717, 1.165) is 17.7 Å². The third-order valence-corrected chi connectivity index (χ3v) is 4.64. The zero-order valence-electron chi connectivity index (χ0n) is 15.5. The third-order valence-electron chi connectivity index (χ3n) is 4.64. The molecule has 0 radical (unpaired) electrons. The molecule has 8 heteroatoms. The number of carbonyl (C=O) groups is 1. The maximum atomic E-state index is 12.5. The van der Waals surface area contributed by atoms with Gasteiger partial charge in [-0.05, 0) is 49.1 Å². The SMILES string of the molecule is COc1ccc([C@H]2C[C@@H]2C(=O)NC(C)c2ccc(OCC(F)(F)F)cn2)cc1. The molecule has 0 aliphatic heterocycles. The van der Waals surface area contributed by atoms with Gasteiger partial charge in [-0.15, -0.1) is 0 Å². The molecule has 0 bridgehead atoms. The van der Waals surface area contributed by atoms with E-state index in [2.05, 4.69) is 15.0 Å².